The number of pyridine rings is 1. The Morgan fingerprint density at radius 2 is 2.16 bits per heavy atom. The topological polar surface area (TPSA) is 74.7 Å². The van der Waals surface area contributed by atoms with Crippen LogP contribution < -0.4 is 5.73 Å². The van der Waals surface area contributed by atoms with Gasteiger partial charge in [0.15, 0.2) is 5.84 Å². The van der Waals surface area contributed by atoms with Crippen LogP contribution in [-0.4, -0.2) is 34.0 Å². The molecule has 2 aromatic rings. The number of hydrogen-bond donors (Lipinski definition) is 2. The molecule has 5 nitrogen and oxygen atoms in total. The summed E-state index contributed by atoms with van der Waals surface area (Å²) >= 11 is 0. The molecule has 0 radical (unpaired) electrons. The van der Waals surface area contributed by atoms with Crippen molar-refractivity contribution in [1.29, 1.82) is 0 Å². The summed E-state index contributed by atoms with van der Waals surface area (Å²) in [4.78, 5) is 6.45. The van der Waals surface area contributed by atoms with Gasteiger partial charge in [0.2, 0.25) is 0 Å². The Labute approximate surface area is 112 Å². The zero-order valence-electron chi connectivity index (χ0n) is 11.0. The van der Waals surface area contributed by atoms with Crippen molar-refractivity contribution >= 4 is 16.7 Å². The predicted octanol–water partition coefficient (Wildman–Crippen LogP) is 1.80. The highest BCUT2D eigenvalue weighted by Crippen LogP contribution is 2.17. The standard InChI is InChI=1S/C14H18N4O/c1-2-18(10-14(15)17-19)9-11-7-8-16-13-6-4-3-5-12(11)13/h3-8,19H,2,9-10H2,1H3,(H2,15,17). The maximum atomic E-state index is 8.64. The van der Waals surface area contributed by atoms with Crippen molar-refractivity contribution in [3.8, 4) is 0 Å². The van der Waals surface area contributed by atoms with Crippen molar-refractivity contribution in [2.24, 2.45) is 10.9 Å². The highest BCUT2D eigenvalue weighted by Gasteiger charge is 2.08. The van der Waals surface area contributed by atoms with Gasteiger partial charge in [0.05, 0.1) is 12.1 Å². The third-order valence-electron chi connectivity index (χ3n) is 3.09. The molecule has 0 saturated carbocycles. The lowest BCUT2D eigenvalue weighted by Gasteiger charge is -2.20. The maximum Gasteiger partial charge on any atom is 0.153 e. The van der Waals surface area contributed by atoms with Gasteiger partial charge in [-0.2, -0.15) is 0 Å². The third kappa shape index (κ3) is 3.20. The molecule has 5 heteroatoms. The summed E-state index contributed by atoms with van der Waals surface area (Å²) in [6.45, 7) is 4.07. The number of benzene rings is 1. The lowest BCUT2D eigenvalue weighted by Crippen LogP contribution is -2.33. The summed E-state index contributed by atoms with van der Waals surface area (Å²) in [5.41, 5.74) is 7.74. The molecule has 3 N–H and O–H groups in total. The van der Waals surface area contributed by atoms with E-state index in [1.165, 1.54) is 5.56 Å². The van der Waals surface area contributed by atoms with Crippen LogP contribution in [0.1, 0.15) is 12.5 Å². The molecule has 19 heavy (non-hydrogen) atoms. The molecule has 1 heterocycles. The molecule has 0 amide bonds. The van der Waals surface area contributed by atoms with Gasteiger partial charge in [-0.25, -0.2) is 0 Å². The van der Waals surface area contributed by atoms with Crippen LogP contribution in [0, 0.1) is 0 Å². The monoisotopic (exact) mass is 258 g/mol. The average Bonchev–Trinajstić information content (AvgIpc) is 2.46. The summed E-state index contributed by atoms with van der Waals surface area (Å²) in [6, 6.07) is 10.1. The van der Waals surface area contributed by atoms with Crippen LogP contribution in [-0.2, 0) is 6.54 Å². The van der Waals surface area contributed by atoms with Crippen LogP contribution in [0.2, 0.25) is 0 Å². The van der Waals surface area contributed by atoms with Crippen LogP contribution >= 0.6 is 0 Å². The Bertz CT molecular complexity index is 577. The van der Waals surface area contributed by atoms with Gasteiger partial charge >= 0.3 is 0 Å². The molecular formula is C14H18N4O. The highest BCUT2D eigenvalue weighted by atomic mass is 16.4. The fourth-order valence-electron chi connectivity index (χ4n) is 2.07. The molecule has 0 spiro atoms. The summed E-state index contributed by atoms with van der Waals surface area (Å²) in [6.07, 6.45) is 1.81. The van der Waals surface area contributed by atoms with Crippen LogP contribution in [0.25, 0.3) is 10.9 Å². The van der Waals surface area contributed by atoms with Crippen molar-refractivity contribution in [2.45, 2.75) is 13.5 Å². The summed E-state index contributed by atoms with van der Waals surface area (Å²) in [7, 11) is 0. The molecule has 2 rings (SSSR count). The molecule has 1 aromatic heterocycles. The van der Waals surface area contributed by atoms with Crippen molar-refractivity contribution in [3.63, 3.8) is 0 Å². The molecule has 0 bridgehead atoms. The van der Waals surface area contributed by atoms with Crippen molar-refractivity contribution < 1.29 is 5.21 Å². The Kier molecular flexibility index (Phi) is 4.30. The number of likely N-dealkylation sites (N-methyl/N-ethyl adjacent to an activating group) is 1. The average molecular weight is 258 g/mol. The number of hydrogen-bond acceptors (Lipinski definition) is 4. The van der Waals surface area contributed by atoms with Gasteiger partial charge in [0, 0.05) is 18.1 Å². The fourth-order valence-corrected chi connectivity index (χ4v) is 2.07. The summed E-state index contributed by atoms with van der Waals surface area (Å²) in [5.74, 6) is 0.222. The quantitative estimate of drug-likeness (QED) is 0.371. The van der Waals surface area contributed by atoms with E-state index in [-0.39, 0.29) is 5.84 Å². The first kappa shape index (κ1) is 13.3. The fraction of sp³-hybridized carbons (Fsp3) is 0.286. The summed E-state index contributed by atoms with van der Waals surface area (Å²) in [5, 5.41) is 12.8. The number of nitrogens with two attached hydrogens (primary N) is 1. The lowest BCUT2D eigenvalue weighted by molar-refractivity contribution is 0.295. The van der Waals surface area contributed by atoms with E-state index in [0.717, 1.165) is 24.0 Å². The Hall–Kier alpha value is -2.14. The molecule has 0 aliphatic heterocycles. The van der Waals surface area contributed by atoms with E-state index in [0.29, 0.717) is 6.54 Å². The van der Waals surface area contributed by atoms with Gasteiger partial charge in [-0.15, -0.1) is 0 Å². The minimum atomic E-state index is 0.222. The largest absolute Gasteiger partial charge is 0.409 e. The number of nitrogens with zero attached hydrogens (tertiary/aromatic N) is 3. The van der Waals surface area contributed by atoms with Gasteiger partial charge in [-0.1, -0.05) is 30.3 Å². The molecule has 0 saturated heterocycles. The number of rotatable bonds is 5. The van der Waals surface area contributed by atoms with Gasteiger partial charge in [-0.3, -0.25) is 9.88 Å². The molecule has 0 atom stereocenters. The number of amidine groups is 1. The normalized spacial score (nSPS) is 12.2. The molecule has 0 aliphatic rings. The number of aromatic nitrogens is 1. The first-order valence-corrected chi connectivity index (χ1v) is 6.26. The SMILES string of the molecule is CCN(CC(N)=NO)Cc1ccnc2ccccc12. The van der Waals surface area contributed by atoms with Crippen LogP contribution in [0.15, 0.2) is 41.7 Å². The van der Waals surface area contributed by atoms with E-state index in [1.807, 2.05) is 37.4 Å². The first-order chi connectivity index (χ1) is 9.24. The van der Waals surface area contributed by atoms with Crippen LogP contribution in [0.5, 0.6) is 0 Å². The number of fused-ring (bicyclic) bond motifs is 1. The van der Waals surface area contributed by atoms with E-state index in [9.17, 15) is 0 Å². The van der Waals surface area contributed by atoms with Gasteiger partial charge in [-0.05, 0) is 24.2 Å². The maximum absolute atomic E-state index is 8.64. The van der Waals surface area contributed by atoms with Gasteiger partial charge < -0.3 is 10.9 Å². The zero-order chi connectivity index (χ0) is 13.7. The zero-order valence-corrected chi connectivity index (χ0v) is 11.0. The number of oxime groups is 1. The van der Waals surface area contributed by atoms with Crippen molar-refractivity contribution in [1.82, 2.24) is 9.88 Å². The van der Waals surface area contributed by atoms with Crippen LogP contribution in [0.4, 0.5) is 0 Å². The minimum Gasteiger partial charge on any atom is -0.409 e. The molecule has 0 fully saturated rings. The van der Waals surface area contributed by atoms with Crippen molar-refractivity contribution in [3.05, 3.63) is 42.1 Å². The highest BCUT2D eigenvalue weighted by molar-refractivity contribution is 5.83. The Morgan fingerprint density at radius 3 is 2.89 bits per heavy atom. The molecule has 0 aliphatic carbocycles. The molecule has 100 valence electrons. The van der Waals surface area contributed by atoms with E-state index in [4.69, 9.17) is 10.9 Å². The van der Waals surface area contributed by atoms with Crippen molar-refractivity contribution in [2.75, 3.05) is 13.1 Å². The number of para-hydroxylation sites is 1. The molecule has 0 unspecified atom stereocenters. The molecular weight excluding hydrogens is 240 g/mol. The smallest absolute Gasteiger partial charge is 0.153 e. The van der Waals surface area contributed by atoms with Gasteiger partial charge in [0.25, 0.3) is 0 Å². The van der Waals surface area contributed by atoms with Crippen LogP contribution in [0.3, 0.4) is 0 Å². The molecule has 1 aromatic carbocycles. The third-order valence-corrected chi connectivity index (χ3v) is 3.09. The Balaban J connectivity index is 2.24. The lowest BCUT2D eigenvalue weighted by atomic mass is 10.1. The Morgan fingerprint density at radius 1 is 1.37 bits per heavy atom. The summed E-state index contributed by atoms with van der Waals surface area (Å²) < 4.78 is 0. The second kappa shape index (κ2) is 6.15. The second-order valence-corrected chi connectivity index (χ2v) is 4.38. The van der Waals surface area contributed by atoms with E-state index in [2.05, 4.69) is 21.1 Å². The first-order valence-electron chi connectivity index (χ1n) is 6.26. The van der Waals surface area contributed by atoms with E-state index < -0.39 is 0 Å². The predicted molar refractivity (Wildman–Crippen MR) is 76.1 cm³/mol. The van der Waals surface area contributed by atoms with E-state index >= 15 is 0 Å². The minimum absolute atomic E-state index is 0.222. The van der Waals surface area contributed by atoms with E-state index in [1.54, 1.807) is 0 Å². The van der Waals surface area contributed by atoms with Gasteiger partial charge in [0.1, 0.15) is 0 Å². The second-order valence-electron chi connectivity index (χ2n) is 4.38.